The van der Waals surface area contributed by atoms with Crippen molar-refractivity contribution in [3.8, 4) is 0 Å². The monoisotopic (exact) mass is 338 g/mol. The predicted octanol–water partition coefficient (Wildman–Crippen LogP) is 2.29. The first-order valence-corrected chi connectivity index (χ1v) is 8.71. The summed E-state index contributed by atoms with van der Waals surface area (Å²) in [5.41, 5.74) is 1.24. The molecule has 0 bridgehead atoms. The molecule has 128 valence electrons. The zero-order valence-electron chi connectivity index (χ0n) is 14.0. The molecule has 2 rings (SSSR count). The van der Waals surface area contributed by atoms with Gasteiger partial charge in [-0.15, -0.1) is 0 Å². The van der Waals surface area contributed by atoms with Crippen LogP contribution in [0.4, 0.5) is 0 Å². The first-order valence-electron chi connectivity index (χ1n) is 8.34. The first kappa shape index (κ1) is 18.0. The number of rotatable bonds is 6. The van der Waals surface area contributed by atoms with Gasteiger partial charge in [-0.2, -0.15) is 0 Å². The van der Waals surface area contributed by atoms with Gasteiger partial charge in [-0.1, -0.05) is 23.7 Å². The molecule has 23 heavy (non-hydrogen) atoms. The van der Waals surface area contributed by atoms with Crippen molar-refractivity contribution in [2.24, 2.45) is 4.99 Å². The molecule has 0 saturated carbocycles. The highest BCUT2D eigenvalue weighted by atomic mass is 35.5. The van der Waals surface area contributed by atoms with Crippen molar-refractivity contribution in [2.45, 2.75) is 19.9 Å². The molecular weight excluding hydrogens is 312 g/mol. The van der Waals surface area contributed by atoms with Gasteiger partial charge >= 0.3 is 0 Å². The molecule has 0 radical (unpaired) electrons. The minimum Gasteiger partial charge on any atom is -0.379 e. The maximum Gasteiger partial charge on any atom is 0.191 e. The number of morpholine rings is 1. The Morgan fingerprint density at radius 1 is 1.17 bits per heavy atom. The molecule has 1 aromatic rings. The number of hydrogen-bond donors (Lipinski definition) is 2. The lowest BCUT2D eigenvalue weighted by molar-refractivity contribution is 0.0180. The number of nitrogens with one attached hydrogen (secondary N) is 2. The molecule has 5 nitrogen and oxygen atoms in total. The van der Waals surface area contributed by atoms with Crippen LogP contribution >= 0.6 is 11.6 Å². The highest BCUT2D eigenvalue weighted by Gasteiger charge is 2.22. The maximum absolute atomic E-state index is 6.03. The third-order valence-corrected chi connectivity index (χ3v) is 4.10. The molecular formula is C17H27ClN4O. The SMILES string of the molecule is CCNC(=NCC(c1ccc(Cl)cc1)N1CCOCC1)NCC. The van der Waals surface area contributed by atoms with E-state index in [1.807, 2.05) is 12.1 Å². The average molecular weight is 339 g/mol. The van der Waals surface area contributed by atoms with E-state index in [2.05, 4.69) is 41.5 Å². The molecule has 0 amide bonds. The van der Waals surface area contributed by atoms with Gasteiger partial charge in [-0.3, -0.25) is 9.89 Å². The van der Waals surface area contributed by atoms with E-state index in [1.165, 1.54) is 5.56 Å². The Hall–Kier alpha value is -1.30. The van der Waals surface area contributed by atoms with Gasteiger partial charge < -0.3 is 15.4 Å². The summed E-state index contributed by atoms with van der Waals surface area (Å²) >= 11 is 6.03. The molecule has 6 heteroatoms. The number of hydrogen-bond acceptors (Lipinski definition) is 3. The van der Waals surface area contributed by atoms with Gasteiger partial charge in [0.25, 0.3) is 0 Å². The summed E-state index contributed by atoms with van der Waals surface area (Å²) in [6.07, 6.45) is 0. The van der Waals surface area contributed by atoms with Crippen molar-refractivity contribution in [3.05, 3.63) is 34.9 Å². The van der Waals surface area contributed by atoms with Gasteiger partial charge in [0.1, 0.15) is 0 Å². The molecule has 0 spiro atoms. The van der Waals surface area contributed by atoms with Gasteiger partial charge in [-0.25, -0.2) is 0 Å². The fourth-order valence-electron chi connectivity index (χ4n) is 2.69. The predicted molar refractivity (Wildman–Crippen MR) is 96.2 cm³/mol. The van der Waals surface area contributed by atoms with Gasteiger partial charge in [-0.05, 0) is 31.5 Å². The molecule has 1 atom stereocenters. The van der Waals surface area contributed by atoms with Crippen molar-refractivity contribution >= 4 is 17.6 Å². The summed E-state index contributed by atoms with van der Waals surface area (Å²) in [6, 6.07) is 8.33. The smallest absolute Gasteiger partial charge is 0.191 e. The van der Waals surface area contributed by atoms with Crippen LogP contribution in [0.1, 0.15) is 25.5 Å². The fraction of sp³-hybridized carbons (Fsp3) is 0.588. The maximum atomic E-state index is 6.03. The van der Waals surface area contributed by atoms with Crippen LogP contribution < -0.4 is 10.6 Å². The summed E-state index contributed by atoms with van der Waals surface area (Å²) < 4.78 is 5.48. The van der Waals surface area contributed by atoms with Crippen LogP contribution in [-0.2, 0) is 4.74 Å². The molecule has 1 heterocycles. The van der Waals surface area contributed by atoms with E-state index in [9.17, 15) is 0 Å². The van der Waals surface area contributed by atoms with Crippen LogP contribution in [0.15, 0.2) is 29.3 Å². The summed E-state index contributed by atoms with van der Waals surface area (Å²) in [4.78, 5) is 7.19. The van der Waals surface area contributed by atoms with E-state index >= 15 is 0 Å². The van der Waals surface area contributed by atoms with Gasteiger partial charge in [0, 0.05) is 31.2 Å². The van der Waals surface area contributed by atoms with E-state index in [4.69, 9.17) is 21.3 Å². The van der Waals surface area contributed by atoms with Gasteiger partial charge in [0.15, 0.2) is 5.96 Å². The van der Waals surface area contributed by atoms with Crippen molar-refractivity contribution in [3.63, 3.8) is 0 Å². The van der Waals surface area contributed by atoms with Gasteiger partial charge in [0.05, 0.1) is 25.8 Å². The Balaban J connectivity index is 2.15. The number of aliphatic imine (C=N–C) groups is 1. The number of nitrogens with zero attached hydrogens (tertiary/aromatic N) is 2. The van der Waals surface area contributed by atoms with Crippen LogP contribution in [0.2, 0.25) is 5.02 Å². The van der Waals surface area contributed by atoms with Crippen LogP contribution in [-0.4, -0.2) is 56.8 Å². The fourth-order valence-corrected chi connectivity index (χ4v) is 2.82. The summed E-state index contributed by atoms with van der Waals surface area (Å²) in [5.74, 6) is 0.863. The molecule has 1 aromatic carbocycles. The van der Waals surface area contributed by atoms with Crippen LogP contribution in [0.3, 0.4) is 0 Å². The van der Waals surface area contributed by atoms with Crippen molar-refractivity contribution < 1.29 is 4.74 Å². The number of benzene rings is 1. The summed E-state index contributed by atoms with van der Waals surface area (Å²) in [5, 5.41) is 7.32. The molecule has 1 fully saturated rings. The second-order valence-corrected chi connectivity index (χ2v) is 5.90. The number of guanidine groups is 1. The Morgan fingerprint density at radius 2 is 1.78 bits per heavy atom. The van der Waals surface area contributed by atoms with E-state index in [-0.39, 0.29) is 6.04 Å². The highest BCUT2D eigenvalue weighted by molar-refractivity contribution is 6.30. The van der Waals surface area contributed by atoms with Crippen LogP contribution in [0.5, 0.6) is 0 Å². The van der Waals surface area contributed by atoms with E-state index < -0.39 is 0 Å². The van der Waals surface area contributed by atoms with Crippen LogP contribution in [0, 0.1) is 0 Å². The average Bonchev–Trinajstić information content (AvgIpc) is 2.58. The third kappa shape index (κ3) is 5.68. The normalized spacial score (nSPS) is 16.7. The number of ether oxygens (including phenoxy) is 1. The minimum atomic E-state index is 0.239. The van der Waals surface area contributed by atoms with Crippen LogP contribution in [0.25, 0.3) is 0 Å². The zero-order chi connectivity index (χ0) is 16.5. The van der Waals surface area contributed by atoms with E-state index in [0.717, 1.165) is 50.4 Å². The summed E-state index contributed by atoms with van der Waals surface area (Å²) in [7, 11) is 0. The Bertz CT molecular complexity index is 478. The molecule has 0 aromatic heterocycles. The minimum absolute atomic E-state index is 0.239. The molecule has 1 aliphatic heterocycles. The molecule has 2 N–H and O–H groups in total. The quantitative estimate of drug-likeness (QED) is 0.617. The molecule has 1 unspecified atom stereocenters. The second-order valence-electron chi connectivity index (χ2n) is 5.47. The number of halogens is 1. The molecule has 1 aliphatic rings. The van der Waals surface area contributed by atoms with Gasteiger partial charge in [0.2, 0.25) is 0 Å². The first-order chi connectivity index (χ1) is 11.2. The lowest BCUT2D eigenvalue weighted by atomic mass is 10.0. The van der Waals surface area contributed by atoms with Crippen molar-refractivity contribution in [1.82, 2.24) is 15.5 Å². The van der Waals surface area contributed by atoms with E-state index in [1.54, 1.807) is 0 Å². The third-order valence-electron chi connectivity index (χ3n) is 3.85. The second kappa shape index (κ2) is 9.75. The lowest BCUT2D eigenvalue weighted by Crippen LogP contribution is -2.41. The largest absolute Gasteiger partial charge is 0.379 e. The van der Waals surface area contributed by atoms with Crippen molar-refractivity contribution in [2.75, 3.05) is 45.9 Å². The Morgan fingerprint density at radius 3 is 2.35 bits per heavy atom. The lowest BCUT2D eigenvalue weighted by Gasteiger charge is -2.34. The summed E-state index contributed by atoms with van der Waals surface area (Å²) in [6.45, 7) is 9.99. The molecule has 1 saturated heterocycles. The Labute approximate surface area is 144 Å². The van der Waals surface area contributed by atoms with Crippen molar-refractivity contribution in [1.29, 1.82) is 0 Å². The molecule has 0 aliphatic carbocycles. The zero-order valence-corrected chi connectivity index (χ0v) is 14.8. The van der Waals surface area contributed by atoms with E-state index in [0.29, 0.717) is 6.54 Å². The highest BCUT2D eigenvalue weighted by Crippen LogP contribution is 2.24. The topological polar surface area (TPSA) is 48.9 Å². The Kier molecular flexibility index (Phi) is 7.65. The standard InChI is InChI=1S/C17H27ClN4O/c1-3-19-17(20-4-2)21-13-16(22-9-11-23-12-10-22)14-5-7-15(18)8-6-14/h5-8,16H,3-4,9-13H2,1-2H3,(H2,19,20,21).